The largest absolute Gasteiger partial charge is 0.388 e. The van der Waals surface area contributed by atoms with Crippen LogP contribution < -0.4 is 5.32 Å². The average Bonchev–Trinajstić information content (AvgIpc) is 2.38. The van der Waals surface area contributed by atoms with E-state index in [4.69, 9.17) is 4.74 Å². The average molecular weight is 286 g/mol. The first kappa shape index (κ1) is 15.9. The number of hydrogen-bond acceptors (Lipinski definition) is 4. The van der Waals surface area contributed by atoms with Crippen molar-refractivity contribution in [2.24, 2.45) is 0 Å². The Bertz CT molecular complexity index is 483. The molecule has 0 aromatic heterocycles. The van der Waals surface area contributed by atoms with Crippen LogP contribution in [0.5, 0.6) is 0 Å². The molecule has 6 heteroatoms. The second-order valence-corrected chi connectivity index (χ2v) is 6.57. The third kappa shape index (κ3) is 4.49. The molecule has 0 spiro atoms. The Balaban J connectivity index is 2.72. The molecule has 108 valence electrons. The number of hydrogen-bond donors (Lipinski definition) is 1. The van der Waals surface area contributed by atoms with Crippen molar-refractivity contribution in [3.05, 3.63) is 24.3 Å². The van der Waals surface area contributed by atoms with Crippen LogP contribution >= 0.6 is 0 Å². The number of rotatable bonds is 7. The maximum atomic E-state index is 12.3. The number of anilines is 1. The highest BCUT2D eigenvalue weighted by Crippen LogP contribution is 2.16. The Hall–Kier alpha value is -1.11. The van der Waals surface area contributed by atoms with Crippen LogP contribution in [0.2, 0.25) is 0 Å². The number of nitrogens with one attached hydrogen (secondary N) is 1. The van der Waals surface area contributed by atoms with Crippen LogP contribution in [0.25, 0.3) is 0 Å². The highest BCUT2D eigenvalue weighted by atomic mass is 32.2. The second-order valence-electron chi connectivity index (χ2n) is 4.52. The quantitative estimate of drug-likeness (QED) is 0.830. The van der Waals surface area contributed by atoms with Gasteiger partial charge in [0.2, 0.25) is 10.0 Å². The van der Waals surface area contributed by atoms with Gasteiger partial charge in [-0.1, -0.05) is 0 Å². The third-order valence-electron chi connectivity index (χ3n) is 2.71. The lowest BCUT2D eigenvalue weighted by molar-refractivity contribution is 0.0737. The molecule has 1 aromatic carbocycles. The fraction of sp³-hybridized carbons (Fsp3) is 0.538. The monoisotopic (exact) mass is 286 g/mol. The standard InChI is InChI=1S/C13H22N2O3S/c1-11(2)18-10-9-15(4)19(16,17)13-7-5-12(14-3)6-8-13/h5-8,11,14H,9-10H2,1-4H3. The van der Waals surface area contributed by atoms with Crippen LogP contribution in [0.15, 0.2) is 29.2 Å². The van der Waals surface area contributed by atoms with Crippen molar-refractivity contribution in [2.75, 3.05) is 32.6 Å². The summed E-state index contributed by atoms with van der Waals surface area (Å²) in [5, 5.41) is 2.95. The molecule has 0 fully saturated rings. The van der Waals surface area contributed by atoms with E-state index in [1.807, 2.05) is 13.8 Å². The summed E-state index contributed by atoms with van der Waals surface area (Å²) in [5.41, 5.74) is 0.879. The molecule has 19 heavy (non-hydrogen) atoms. The van der Waals surface area contributed by atoms with Gasteiger partial charge in [-0.3, -0.25) is 0 Å². The predicted molar refractivity (Wildman–Crippen MR) is 76.9 cm³/mol. The van der Waals surface area contributed by atoms with Gasteiger partial charge in [0.1, 0.15) is 0 Å². The van der Waals surface area contributed by atoms with Gasteiger partial charge in [0.25, 0.3) is 0 Å². The van der Waals surface area contributed by atoms with Gasteiger partial charge in [-0.15, -0.1) is 0 Å². The number of sulfonamides is 1. The zero-order valence-electron chi connectivity index (χ0n) is 11.9. The molecular weight excluding hydrogens is 264 g/mol. The van der Waals surface area contributed by atoms with E-state index in [0.29, 0.717) is 18.0 Å². The summed E-state index contributed by atoms with van der Waals surface area (Å²) in [4.78, 5) is 0.290. The fourth-order valence-corrected chi connectivity index (χ4v) is 2.67. The van der Waals surface area contributed by atoms with Crippen molar-refractivity contribution in [3.8, 4) is 0 Å². The number of ether oxygens (including phenoxy) is 1. The lowest BCUT2D eigenvalue weighted by Crippen LogP contribution is -2.30. The van der Waals surface area contributed by atoms with E-state index in [9.17, 15) is 8.42 Å². The van der Waals surface area contributed by atoms with Crippen LogP contribution in [0, 0.1) is 0 Å². The second kappa shape index (κ2) is 6.88. The molecule has 0 unspecified atom stereocenters. The van der Waals surface area contributed by atoms with Gasteiger partial charge in [0.05, 0.1) is 17.6 Å². The number of likely N-dealkylation sites (N-methyl/N-ethyl adjacent to an activating group) is 1. The van der Waals surface area contributed by atoms with Gasteiger partial charge in [-0.05, 0) is 38.1 Å². The number of benzene rings is 1. The first-order valence-corrected chi connectivity index (χ1v) is 7.67. The molecule has 0 heterocycles. The summed E-state index contributed by atoms with van der Waals surface area (Å²) in [6.45, 7) is 4.58. The van der Waals surface area contributed by atoms with E-state index in [1.165, 1.54) is 4.31 Å². The Morgan fingerprint density at radius 3 is 2.32 bits per heavy atom. The van der Waals surface area contributed by atoms with E-state index in [1.54, 1.807) is 38.4 Å². The Morgan fingerprint density at radius 1 is 1.26 bits per heavy atom. The minimum absolute atomic E-state index is 0.103. The Labute approximate surface area is 115 Å². The Morgan fingerprint density at radius 2 is 1.84 bits per heavy atom. The zero-order chi connectivity index (χ0) is 14.5. The van der Waals surface area contributed by atoms with Gasteiger partial charge < -0.3 is 10.1 Å². The fourth-order valence-electron chi connectivity index (χ4n) is 1.51. The molecule has 0 aliphatic rings. The summed E-state index contributed by atoms with van der Waals surface area (Å²) >= 11 is 0. The highest BCUT2D eigenvalue weighted by Gasteiger charge is 2.20. The smallest absolute Gasteiger partial charge is 0.242 e. The molecule has 0 aliphatic heterocycles. The molecule has 0 radical (unpaired) electrons. The zero-order valence-corrected chi connectivity index (χ0v) is 12.7. The Kier molecular flexibility index (Phi) is 5.78. The van der Waals surface area contributed by atoms with Gasteiger partial charge in [0, 0.05) is 26.3 Å². The van der Waals surface area contributed by atoms with E-state index in [0.717, 1.165) is 5.69 Å². The summed E-state index contributed by atoms with van der Waals surface area (Å²) in [6.07, 6.45) is 0.103. The summed E-state index contributed by atoms with van der Waals surface area (Å²) in [5.74, 6) is 0. The summed E-state index contributed by atoms with van der Waals surface area (Å²) in [6, 6.07) is 6.68. The van der Waals surface area contributed by atoms with E-state index >= 15 is 0 Å². The molecule has 1 rings (SSSR count). The molecule has 5 nitrogen and oxygen atoms in total. The summed E-state index contributed by atoms with van der Waals surface area (Å²) in [7, 11) is -0.0853. The van der Waals surface area contributed by atoms with Gasteiger partial charge in [-0.2, -0.15) is 4.31 Å². The van der Waals surface area contributed by atoms with Crippen LogP contribution in [0.4, 0.5) is 5.69 Å². The molecule has 0 saturated heterocycles. The van der Waals surface area contributed by atoms with Crippen molar-refractivity contribution in [2.45, 2.75) is 24.8 Å². The SMILES string of the molecule is CNc1ccc(S(=O)(=O)N(C)CCOC(C)C)cc1. The molecular formula is C13H22N2O3S. The lowest BCUT2D eigenvalue weighted by Gasteiger charge is -2.18. The minimum atomic E-state index is -3.44. The maximum absolute atomic E-state index is 12.3. The van der Waals surface area contributed by atoms with Crippen molar-refractivity contribution < 1.29 is 13.2 Å². The van der Waals surface area contributed by atoms with Crippen molar-refractivity contribution in [3.63, 3.8) is 0 Å². The van der Waals surface area contributed by atoms with Gasteiger partial charge in [0.15, 0.2) is 0 Å². The summed E-state index contributed by atoms with van der Waals surface area (Å²) < 4.78 is 31.2. The van der Waals surface area contributed by atoms with Crippen LogP contribution in [0.3, 0.4) is 0 Å². The first-order valence-electron chi connectivity index (χ1n) is 6.23. The van der Waals surface area contributed by atoms with Crippen LogP contribution in [-0.4, -0.2) is 46.1 Å². The molecule has 0 bridgehead atoms. The molecule has 0 saturated carbocycles. The van der Waals surface area contributed by atoms with E-state index < -0.39 is 10.0 Å². The molecule has 1 N–H and O–H groups in total. The maximum Gasteiger partial charge on any atom is 0.242 e. The molecule has 0 amide bonds. The minimum Gasteiger partial charge on any atom is -0.388 e. The van der Waals surface area contributed by atoms with Crippen molar-refractivity contribution in [1.82, 2.24) is 4.31 Å². The highest BCUT2D eigenvalue weighted by molar-refractivity contribution is 7.89. The van der Waals surface area contributed by atoms with Gasteiger partial charge in [-0.25, -0.2) is 8.42 Å². The molecule has 1 aromatic rings. The van der Waals surface area contributed by atoms with Gasteiger partial charge >= 0.3 is 0 Å². The normalized spacial score (nSPS) is 12.1. The lowest BCUT2D eigenvalue weighted by atomic mass is 10.3. The molecule has 0 atom stereocenters. The third-order valence-corrected chi connectivity index (χ3v) is 4.58. The van der Waals surface area contributed by atoms with Crippen LogP contribution in [0.1, 0.15) is 13.8 Å². The number of nitrogens with zero attached hydrogens (tertiary/aromatic N) is 1. The van der Waals surface area contributed by atoms with Crippen molar-refractivity contribution in [1.29, 1.82) is 0 Å². The van der Waals surface area contributed by atoms with E-state index in [2.05, 4.69) is 5.32 Å². The predicted octanol–water partition coefficient (Wildman–Crippen LogP) is 1.77. The van der Waals surface area contributed by atoms with Crippen molar-refractivity contribution >= 4 is 15.7 Å². The van der Waals surface area contributed by atoms with E-state index in [-0.39, 0.29) is 6.10 Å². The topological polar surface area (TPSA) is 58.6 Å². The first-order chi connectivity index (χ1) is 8.87. The van der Waals surface area contributed by atoms with Crippen LogP contribution in [-0.2, 0) is 14.8 Å². The molecule has 0 aliphatic carbocycles.